The number of thiophene rings is 1. The molecule has 3 heterocycles. The standard InChI is InChI=1S/C15H16N4S/c1-2-16-14-6-5-12(10-18-14)11-19-8-7-17-15(19)13-4-3-9-20-13/h3-10H,2,11H2,1H3,(H,16,18). The molecule has 0 aliphatic carbocycles. The van der Waals surface area contributed by atoms with Gasteiger partial charge in [0.15, 0.2) is 0 Å². The molecule has 3 rings (SSSR count). The molecule has 3 aromatic rings. The summed E-state index contributed by atoms with van der Waals surface area (Å²) in [5, 5.41) is 5.27. The second-order valence-corrected chi connectivity index (χ2v) is 5.39. The van der Waals surface area contributed by atoms with Crippen molar-refractivity contribution in [3.8, 4) is 10.7 Å². The van der Waals surface area contributed by atoms with Crippen LogP contribution in [0.3, 0.4) is 0 Å². The maximum absolute atomic E-state index is 4.44. The molecule has 0 bridgehead atoms. The predicted molar refractivity (Wildman–Crippen MR) is 83.0 cm³/mol. The van der Waals surface area contributed by atoms with Crippen molar-refractivity contribution in [1.29, 1.82) is 0 Å². The van der Waals surface area contributed by atoms with Crippen LogP contribution in [0.1, 0.15) is 12.5 Å². The van der Waals surface area contributed by atoms with Crippen molar-refractivity contribution in [2.75, 3.05) is 11.9 Å². The number of pyridine rings is 1. The molecule has 0 aliphatic rings. The van der Waals surface area contributed by atoms with Crippen molar-refractivity contribution >= 4 is 17.2 Å². The van der Waals surface area contributed by atoms with Crippen molar-refractivity contribution < 1.29 is 0 Å². The summed E-state index contributed by atoms with van der Waals surface area (Å²) in [6.45, 7) is 3.73. The van der Waals surface area contributed by atoms with Crippen LogP contribution in [0.25, 0.3) is 10.7 Å². The average Bonchev–Trinajstić information content (AvgIpc) is 3.12. The largest absolute Gasteiger partial charge is 0.370 e. The minimum Gasteiger partial charge on any atom is -0.370 e. The summed E-state index contributed by atoms with van der Waals surface area (Å²) in [7, 11) is 0. The first-order valence-electron chi connectivity index (χ1n) is 6.60. The molecule has 3 aromatic heterocycles. The van der Waals surface area contributed by atoms with Gasteiger partial charge in [-0.05, 0) is 30.0 Å². The minimum absolute atomic E-state index is 0.784. The Bertz CT molecular complexity index is 656. The van der Waals surface area contributed by atoms with Crippen molar-refractivity contribution in [3.63, 3.8) is 0 Å². The van der Waals surface area contributed by atoms with Crippen LogP contribution in [0.15, 0.2) is 48.2 Å². The number of aromatic nitrogens is 3. The topological polar surface area (TPSA) is 42.7 Å². The van der Waals surface area contributed by atoms with Gasteiger partial charge in [-0.15, -0.1) is 11.3 Å². The van der Waals surface area contributed by atoms with E-state index >= 15 is 0 Å². The molecule has 1 N–H and O–H groups in total. The quantitative estimate of drug-likeness (QED) is 0.780. The van der Waals surface area contributed by atoms with Crippen molar-refractivity contribution in [2.45, 2.75) is 13.5 Å². The third-order valence-electron chi connectivity index (χ3n) is 2.99. The van der Waals surface area contributed by atoms with Gasteiger partial charge in [0.05, 0.1) is 11.4 Å². The van der Waals surface area contributed by atoms with Gasteiger partial charge in [0.2, 0.25) is 0 Å². The van der Waals surface area contributed by atoms with Crippen LogP contribution in [0.5, 0.6) is 0 Å². The summed E-state index contributed by atoms with van der Waals surface area (Å²) >= 11 is 1.71. The molecule has 0 saturated carbocycles. The van der Waals surface area contributed by atoms with E-state index < -0.39 is 0 Å². The molecule has 0 aromatic carbocycles. The van der Waals surface area contributed by atoms with E-state index in [1.807, 2.05) is 30.7 Å². The fourth-order valence-corrected chi connectivity index (χ4v) is 2.80. The molecule has 102 valence electrons. The van der Waals surface area contributed by atoms with Crippen molar-refractivity contribution in [2.24, 2.45) is 0 Å². The Morgan fingerprint density at radius 3 is 2.90 bits per heavy atom. The predicted octanol–water partition coefficient (Wildman–Crippen LogP) is 3.49. The highest BCUT2D eigenvalue weighted by atomic mass is 32.1. The van der Waals surface area contributed by atoms with Crippen LogP contribution in [-0.4, -0.2) is 21.1 Å². The highest BCUT2D eigenvalue weighted by Gasteiger charge is 2.07. The first-order chi connectivity index (χ1) is 9.86. The van der Waals surface area contributed by atoms with Gasteiger partial charge in [-0.1, -0.05) is 12.1 Å². The molecule has 0 spiro atoms. The fraction of sp³-hybridized carbons (Fsp3) is 0.200. The SMILES string of the molecule is CCNc1ccc(Cn2ccnc2-c2cccs2)cn1. The van der Waals surface area contributed by atoms with Crippen molar-refractivity contribution in [1.82, 2.24) is 14.5 Å². The molecule has 20 heavy (non-hydrogen) atoms. The number of rotatable bonds is 5. The highest BCUT2D eigenvalue weighted by Crippen LogP contribution is 2.23. The van der Waals surface area contributed by atoms with E-state index in [1.165, 1.54) is 10.4 Å². The van der Waals surface area contributed by atoms with Gasteiger partial charge in [-0.25, -0.2) is 9.97 Å². The Balaban J connectivity index is 1.80. The smallest absolute Gasteiger partial charge is 0.150 e. The fourth-order valence-electron chi connectivity index (χ4n) is 2.07. The highest BCUT2D eigenvalue weighted by molar-refractivity contribution is 7.13. The molecular weight excluding hydrogens is 268 g/mol. The lowest BCUT2D eigenvalue weighted by molar-refractivity contribution is 0.804. The maximum atomic E-state index is 4.44. The van der Waals surface area contributed by atoms with Gasteiger partial charge >= 0.3 is 0 Å². The van der Waals surface area contributed by atoms with Gasteiger partial charge in [0, 0.05) is 25.1 Å². The Morgan fingerprint density at radius 1 is 1.25 bits per heavy atom. The lowest BCUT2D eigenvalue weighted by Crippen LogP contribution is -2.03. The molecule has 0 radical (unpaired) electrons. The molecule has 0 saturated heterocycles. The Kier molecular flexibility index (Phi) is 3.78. The summed E-state index contributed by atoms with van der Waals surface area (Å²) < 4.78 is 2.15. The Labute approximate surface area is 122 Å². The molecule has 0 amide bonds. The van der Waals surface area contributed by atoms with E-state index in [-0.39, 0.29) is 0 Å². The van der Waals surface area contributed by atoms with Crippen LogP contribution in [0.4, 0.5) is 5.82 Å². The van der Waals surface area contributed by atoms with Crippen LogP contribution in [0, 0.1) is 0 Å². The van der Waals surface area contributed by atoms with E-state index in [2.05, 4.69) is 44.3 Å². The van der Waals surface area contributed by atoms with E-state index in [1.54, 1.807) is 11.3 Å². The zero-order valence-electron chi connectivity index (χ0n) is 11.3. The third-order valence-corrected chi connectivity index (χ3v) is 3.86. The summed E-state index contributed by atoms with van der Waals surface area (Å²) in [5.41, 5.74) is 1.17. The van der Waals surface area contributed by atoms with E-state index in [0.717, 1.165) is 24.7 Å². The van der Waals surface area contributed by atoms with Crippen LogP contribution >= 0.6 is 11.3 Å². The van der Waals surface area contributed by atoms with Crippen LogP contribution in [0.2, 0.25) is 0 Å². The number of imidazole rings is 1. The molecule has 0 fully saturated rings. The Morgan fingerprint density at radius 2 is 2.20 bits per heavy atom. The van der Waals surface area contributed by atoms with Gasteiger partial charge in [-0.2, -0.15) is 0 Å². The number of hydrogen-bond donors (Lipinski definition) is 1. The monoisotopic (exact) mass is 284 g/mol. The first-order valence-corrected chi connectivity index (χ1v) is 7.48. The summed E-state index contributed by atoms with van der Waals surface area (Å²) in [5.74, 6) is 1.93. The van der Waals surface area contributed by atoms with Crippen molar-refractivity contribution in [3.05, 3.63) is 53.8 Å². The van der Waals surface area contributed by atoms with Gasteiger partial charge < -0.3 is 9.88 Å². The number of nitrogens with one attached hydrogen (secondary N) is 1. The summed E-state index contributed by atoms with van der Waals surface area (Å²) in [6.07, 6.45) is 5.76. The van der Waals surface area contributed by atoms with E-state index in [4.69, 9.17) is 0 Å². The second-order valence-electron chi connectivity index (χ2n) is 4.44. The zero-order valence-corrected chi connectivity index (χ0v) is 12.1. The Hall–Kier alpha value is -2.14. The second kappa shape index (κ2) is 5.88. The van der Waals surface area contributed by atoms with Crippen LogP contribution < -0.4 is 5.32 Å². The molecule has 0 unspecified atom stereocenters. The molecule has 4 nitrogen and oxygen atoms in total. The lowest BCUT2D eigenvalue weighted by atomic mass is 10.2. The number of hydrogen-bond acceptors (Lipinski definition) is 4. The number of anilines is 1. The van der Waals surface area contributed by atoms with Gasteiger partial charge in [0.1, 0.15) is 11.6 Å². The molecule has 0 atom stereocenters. The maximum Gasteiger partial charge on any atom is 0.150 e. The minimum atomic E-state index is 0.784. The third kappa shape index (κ3) is 2.72. The van der Waals surface area contributed by atoms with Gasteiger partial charge in [0.25, 0.3) is 0 Å². The van der Waals surface area contributed by atoms with E-state index in [0.29, 0.717) is 0 Å². The lowest BCUT2D eigenvalue weighted by Gasteiger charge is -2.07. The normalized spacial score (nSPS) is 10.7. The number of nitrogens with zero attached hydrogens (tertiary/aromatic N) is 3. The molecular formula is C15H16N4S. The van der Waals surface area contributed by atoms with Crippen LogP contribution in [-0.2, 0) is 6.54 Å². The molecule has 0 aliphatic heterocycles. The summed E-state index contributed by atoms with van der Waals surface area (Å²) in [4.78, 5) is 10.0. The zero-order chi connectivity index (χ0) is 13.8. The summed E-state index contributed by atoms with van der Waals surface area (Å²) in [6, 6.07) is 8.26. The molecule has 5 heteroatoms. The van der Waals surface area contributed by atoms with E-state index in [9.17, 15) is 0 Å². The van der Waals surface area contributed by atoms with Gasteiger partial charge in [-0.3, -0.25) is 0 Å². The first kappa shape index (κ1) is 12.9. The average molecular weight is 284 g/mol.